The summed E-state index contributed by atoms with van der Waals surface area (Å²) in [5.41, 5.74) is 5.66. The summed E-state index contributed by atoms with van der Waals surface area (Å²) < 4.78 is 1.99. The van der Waals surface area contributed by atoms with E-state index in [9.17, 15) is 5.11 Å². The first-order chi connectivity index (χ1) is 9.55. The predicted octanol–water partition coefficient (Wildman–Crippen LogP) is 3.36. The molecule has 0 spiro atoms. The highest BCUT2D eigenvalue weighted by Gasteiger charge is 2.13. The third kappa shape index (κ3) is 3.10. The second-order valence-electron chi connectivity index (χ2n) is 5.36. The van der Waals surface area contributed by atoms with Crippen molar-refractivity contribution < 1.29 is 5.11 Å². The van der Waals surface area contributed by atoms with Crippen molar-refractivity contribution in [3.05, 3.63) is 52.3 Å². The molecule has 0 aliphatic rings. The van der Waals surface area contributed by atoms with Gasteiger partial charge in [0.1, 0.15) is 0 Å². The fourth-order valence-corrected chi connectivity index (χ4v) is 2.41. The molecule has 1 heterocycles. The number of hydrogen-bond donors (Lipinski definition) is 1. The number of aliphatic hydroxyl groups is 1. The summed E-state index contributed by atoms with van der Waals surface area (Å²) in [6.45, 7) is 9.20. The van der Waals surface area contributed by atoms with Gasteiger partial charge in [0.05, 0.1) is 11.8 Å². The zero-order valence-corrected chi connectivity index (χ0v) is 12.8. The van der Waals surface area contributed by atoms with Gasteiger partial charge >= 0.3 is 0 Å². The van der Waals surface area contributed by atoms with E-state index < -0.39 is 6.10 Å². The van der Waals surface area contributed by atoms with Crippen molar-refractivity contribution in [1.29, 1.82) is 0 Å². The largest absolute Gasteiger partial charge is 0.388 e. The van der Waals surface area contributed by atoms with Crippen LogP contribution in [0.1, 0.15) is 48.0 Å². The van der Waals surface area contributed by atoms with Gasteiger partial charge in [-0.2, -0.15) is 5.10 Å². The standard InChI is InChI=1S/C17H24N2O/c1-5-15-10-16(19(6-2)18-15)11-17(20)14-8-7-12(3)13(4)9-14/h7-10,17,20H,5-6,11H2,1-4H3. The molecule has 0 saturated carbocycles. The van der Waals surface area contributed by atoms with E-state index in [4.69, 9.17) is 0 Å². The van der Waals surface area contributed by atoms with Crippen LogP contribution in [0.2, 0.25) is 0 Å². The first kappa shape index (κ1) is 14.8. The predicted molar refractivity (Wildman–Crippen MR) is 81.9 cm³/mol. The Labute approximate surface area is 121 Å². The first-order valence-corrected chi connectivity index (χ1v) is 7.36. The first-order valence-electron chi connectivity index (χ1n) is 7.36. The highest BCUT2D eigenvalue weighted by molar-refractivity contribution is 5.31. The molecule has 0 aliphatic carbocycles. The minimum atomic E-state index is -0.471. The van der Waals surface area contributed by atoms with E-state index in [0.29, 0.717) is 6.42 Å². The summed E-state index contributed by atoms with van der Waals surface area (Å²) >= 11 is 0. The molecule has 0 radical (unpaired) electrons. The lowest BCUT2D eigenvalue weighted by atomic mass is 10.00. The van der Waals surface area contributed by atoms with Crippen LogP contribution in [0.25, 0.3) is 0 Å². The molecule has 1 aromatic heterocycles. The highest BCUT2D eigenvalue weighted by atomic mass is 16.3. The lowest BCUT2D eigenvalue weighted by Crippen LogP contribution is -2.08. The Bertz CT molecular complexity index is 587. The van der Waals surface area contributed by atoms with Crippen molar-refractivity contribution in [2.45, 2.75) is 53.2 Å². The summed E-state index contributed by atoms with van der Waals surface area (Å²) in [7, 11) is 0. The van der Waals surface area contributed by atoms with Crippen LogP contribution in [0.4, 0.5) is 0 Å². The van der Waals surface area contributed by atoms with E-state index in [1.165, 1.54) is 11.1 Å². The maximum Gasteiger partial charge on any atom is 0.0845 e. The van der Waals surface area contributed by atoms with Gasteiger partial charge in [-0.3, -0.25) is 4.68 Å². The maximum absolute atomic E-state index is 10.5. The van der Waals surface area contributed by atoms with Gasteiger partial charge in [0.15, 0.2) is 0 Å². The van der Waals surface area contributed by atoms with Crippen molar-refractivity contribution in [1.82, 2.24) is 9.78 Å². The minimum Gasteiger partial charge on any atom is -0.388 e. The number of hydrogen-bond acceptors (Lipinski definition) is 2. The molecule has 1 aromatic carbocycles. The fourth-order valence-electron chi connectivity index (χ4n) is 2.41. The molecule has 20 heavy (non-hydrogen) atoms. The SMILES string of the molecule is CCc1cc(CC(O)c2ccc(C)c(C)c2)n(CC)n1. The average molecular weight is 272 g/mol. The minimum absolute atomic E-state index is 0.471. The smallest absolute Gasteiger partial charge is 0.0845 e. The summed E-state index contributed by atoms with van der Waals surface area (Å²) in [4.78, 5) is 0. The van der Waals surface area contributed by atoms with E-state index in [1.807, 2.05) is 10.7 Å². The Hall–Kier alpha value is -1.61. The summed E-state index contributed by atoms with van der Waals surface area (Å²) in [5, 5.41) is 15.0. The van der Waals surface area contributed by atoms with Crippen molar-refractivity contribution >= 4 is 0 Å². The molecule has 0 aliphatic heterocycles. The fraction of sp³-hybridized carbons (Fsp3) is 0.471. The molecule has 3 nitrogen and oxygen atoms in total. The molecule has 1 atom stereocenters. The lowest BCUT2D eigenvalue weighted by molar-refractivity contribution is 0.175. The Balaban J connectivity index is 2.20. The molecule has 0 bridgehead atoms. The van der Waals surface area contributed by atoms with E-state index in [0.717, 1.165) is 29.9 Å². The normalized spacial score (nSPS) is 12.7. The molecule has 2 rings (SSSR count). The second kappa shape index (κ2) is 6.23. The van der Waals surface area contributed by atoms with E-state index >= 15 is 0 Å². The van der Waals surface area contributed by atoms with Gasteiger partial charge in [-0.15, -0.1) is 0 Å². The Morgan fingerprint density at radius 3 is 2.50 bits per heavy atom. The zero-order valence-electron chi connectivity index (χ0n) is 12.8. The number of aryl methyl sites for hydroxylation is 4. The molecule has 1 N–H and O–H groups in total. The lowest BCUT2D eigenvalue weighted by Gasteiger charge is -2.13. The quantitative estimate of drug-likeness (QED) is 0.906. The summed E-state index contributed by atoms with van der Waals surface area (Å²) in [6.07, 6.45) is 1.07. The van der Waals surface area contributed by atoms with Crippen LogP contribution in [-0.4, -0.2) is 14.9 Å². The van der Waals surface area contributed by atoms with E-state index in [2.05, 4.69) is 51.0 Å². The Kier molecular flexibility index (Phi) is 4.61. The molecular weight excluding hydrogens is 248 g/mol. The van der Waals surface area contributed by atoms with Crippen LogP contribution in [0, 0.1) is 13.8 Å². The molecule has 0 amide bonds. The van der Waals surface area contributed by atoms with Crippen molar-refractivity contribution in [2.75, 3.05) is 0 Å². The number of nitrogens with zero attached hydrogens (tertiary/aromatic N) is 2. The van der Waals surface area contributed by atoms with Gasteiger partial charge in [0.25, 0.3) is 0 Å². The number of rotatable bonds is 5. The van der Waals surface area contributed by atoms with Crippen LogP contribution in [-0.2, 0) is 19.4 Å². The second-order valence-corrected chi connectivity index (χ2v) is 5.36. The molecule has 3 heteroatoms. The molecule has 108 valence electrons. The van der Waals surface area contributed by atoms with Crippen molar-refractivity contribution in [2.24, 2.45) is 0 Å². The molecule has 1 unspecified atom stereocenters. The van der Waals surface area contributed by atoms with Crippen LogP contribution >= 0.6 is 0 Å². The maximum atomic E-state index is 10.5. The average Bonchev–Trinajstić information content (AvgIpc) is 2.84. The number of benzene rings is 1. The van der Waals surface area contributed by atoms with Crippen LogP contribution in [0.3, 0.4) is 0 Å². The van der Waals surface area contributed by atoms with E-state index in [1.54, 1.807) is 0 Å². The van der Waals surface area contributed by atoms with E-state index in [-0.39, 0.29) is 0 Å². The number of aromatic nitrogens is 2. The van der Waals surface area contributed by atoms with Gasteiger partial charge in [0, 0.05) is 18.7 Å². The van der Waals surface area contributed by atoms with Gasteiger partial charge in [-0.1, -0.05) is 25.1 Å². The van der Waals surface area contributed by atoms with Crippen LogP contribution < -0.4 is 0 Å². The van der Waals surface area contributed by atoms with Crippen LogP contribution in [0.5, 0.6) is 0 Å². The van der Waals surface area contributed by atoms with Crippen LogP contribution in [0.15, 0.2) is 24.3 Å². The van der Waals surface area contributed by atoms with Gasteiger partial charge in [0.2, 0.25) is 0 Å². The summed E-state index contributed by atoms with van der Waals surface area (Å²) in [6, 6.07) is 8.27. The van der Waals surface area contributed by atoms with Gasteiger partial charge in [-0.05, 0) is 49.9 Å². The monoisotopic (exact) mass is 272 g/mol. The topological polar surface area (TPSA) is 38.0 Å². The van der Waals surface area contributed by atoms with Gasteiger partial charge < -0.3 is 5.11 Å². The zero-order chi connectivity index (χ0) is 14.7. The molecular formula is C17H24N2O. The van der Waals surface area contributed by atoms with Gasteiger partial charge in [-0.25, -0.2) is 0 Å². The molecule has 2 aromatic rings. The third-order valence-corrected chi connectivity index (χ3v) is 3.89. The van der Waals surface area contributed by atoms with Crippen molar-refractivity contribution in [3.8, 4) is 0 Å². The molecule has 0 fully saturated rings. The third-order valence-electron chi connectivity index (χ3n) is 3.89. The Morgan fingerprint density at radius 2 is 1.90 bits per heavy atom. The Morgan fingerprint density at radius 1 is 1.15 bits per heavy atom. The highest BCUT2D eigenvalue weighted by Crippen LogP contribution is 2.21. The molecule has 0 saturated heterocycles. The van der Waals surface area contributed by atoms with Crippen molar-refractivity contribution in [3.63, 3.8) is 0 Å². The number of aliphatic hydroxyl groups excluding tert-OH is 1. The summed E-state index contributed by atoms with van der Waals surface area (Å²) in [5.74, 6) is 0.